The first kappa shape index (κ1) is 20.2. The molecule has 0 spiro atoms. The maximum Gasteiger partial charge on any atom is 0.261 e. The van der Waals surface area contributed by atoms with Crippen LogP contribution in [-0.2, 0) is 10.0 Å². The zero-order valence-electron chi connectivity index (χ0n) is 15.6. The molecule has 6 nitrogen and oxygen atoms in total. The number of sulfonamides is 1. The predicted octanol–water partition coefficient (Wildman–Crippen LogP) is 5.72. The number of ether oxygens (including phenoxy) is 1. The van der Waals surface area contributed by atoms with Gasteiger partial charge in [0, 0.05) is 0 Å². The van der Waals surface area contributed by atoms with E-state index in [-0.39, 0.29) is 15.5 Å². The molecule has 150 valence electrons. The second kappa shape index (κ2) is 7.95. The number of hydrogen-bond donors (Lipinski definition) is 1. The smallest absolute Gasteiger partial charge is 0.261 e. The second-order valence-corrected chi connectivity index (χ2v) is 9.64. The molecule has 0 amide bonds. The minimum absolute atomic E-state index is 0.0796. The van der Waals surface area contributed by atoms with Crippen LogP contribution in [0.4, 0.5) is 5.69 Å². The van der Waals surface area contributed by atoms with Crippen molar-refractivity contribution in [2.24, 2.45) is 0 Å². The quantitative estimate of drug-likeness (QED) is 0.415. The molecule has 0 atom stereocenters. The van der Waals surface area contributed by atoms with Crippen LogP contribution in [0.15, 0.2) is 65.6 Å². The van der Waals surface area contributed by atoms with Gasteiger partial charge in [0.05, 0.1) is 30.8 Å². The van der Waals surface area contributed by atoms with E-state index < -0.39 is 10.0 Å². The van der Waals surface area contributed by atoms with Crippen LogP contribution in [0.2, 0.25) is 5.02 Å². The van der Waals surface area contributed by atoms with Gasteiger partial charge in [-0.25, -0.2) is 13.4 Å². The van der Waals surface area contributed by atoms with E-state index in [9.17, 15) is 13.7 Å². The van der Waals surface area contributed by atoms with Crippen molar-refractivity contribution < 1.29 is 13.2 Å². The highest BCUT2D eigenvalue weighted by Crippen LogP contribution is 2.31. The first-order chi connectivity index (χ1) is 14.4. The predicted molar refractivity (Wildman–Crippen MR) is 118 cm³/mol. The number of nitriles is 1. The van der Waals surface area contributed by atoms with Crippen LogP contribution in [0.1, 0.15) is 10.6 Å². The fourth-order valence-corrected chi connectivity index (χ4v) is 4.90. The van der Waals surface area contributed by atoms with Crippen molar-refractivity contribution in [2.75, 3.05) is 4.72 Å². The van der Waals surface area contributed by atoms with E-state index in [1.165, 1.54) is 24.3 Å². The van der Waals surface area contributed by atoms with Crippen LogP contribution >= 0.6 is 22.9 Å². The van der Waals surface area contributed by atoms with Crippen molar-refractivity contribution in [1.82, 2.24) is 4.98 Å². The molecule has 4 rings (SSSR count). The van der Waals surface area contributed by atoms with Crippen molar-refractivity contribution >= 4 is 48.9 Å². The molecule has 3 aromatic carbocycles. The Balaban J connectivity index is 1.55. The summed E-state index contributed by atoms with van der Waals surface area (Å²) in [7, 11) is -3.79. The summed E-state index contributed by atoms with van der Waals surface area (Å²) < 4.78 is 34.7. The van der Waals surface area contributed by atoms with E-state index in [1.54, 1.807) is 41.7 Å². The van der Waals surface area contributed by atoms with Crippen molar-refractivity contribution in [3.05, 3.63) is 76.3 Å². The fraction of sp³-hybridized carbons (Fsp3) is 0.0476. The van der Waals surface area contributed by atoms with Gasteiger partial charge in [0.15, 0.2) is 0 Å². The Labute approximate surface area is 182 Å². The lowest BCUT2D eigenvalue weighted by atomic mass is 10.2. The average Bonchev–Trinajstić information content (AvgIpc) is 3.07. The Morgan fingerprint density at radius 1 is 1.13 bits per heavy atom. The van der Waals surface area contributed by atoms with Crippen LogP contribution in [0.25, 0.3) is 10.2 Å². The zero-order valence-corrected chi connectivity index (χ0v) is 18.0. The summed E-state index contributed by atoms with van der Waals surface area (Å²) in [5.41, 5.74) is 1.40. The molecule has 0 fully saturated rings. The van der Waals surface area contributed by atoms with E-state index in [0.717, 1.165) is 15.2 Å². The number of aromatic nitrogens is 1. The van der Waals surface area contributed by atoms with Gasteiger partial charge in [0.1, 0.15) is 23.1 Å². The number of nitrogens with zero attached hydrogens (tertiary/aromatic N) is 2. The molecule has 0 aliphatic rings. The SMILES string of the molecule is Cc1nc2cc(NS(=O)(=O)c3ccc(Oc4cccc(Cl)c4C#N)cc3)ccc2s1. The Morgan fingerprint density at radius 2 is 1.90 bits per heavy atom. The molecule has 0 saturated carbocycles. The molecule has 0 radical (unpaired) electrons. The molecule has 9 heteroatoms. The van der Waals surface area contributed by atoms with Gasteiger partial charge in [-0.05, 0) is 61.5 Å². The molecule has 30 heavy (non-hydrogen) atoms. The van der Waals surface area contributed by atoms with Crippen molar-refractivity contribution in [1.29, 1.82) is 5.26 Å². The van der Waals surface area contributed by atoms with Crippen LogP contribution in [0, 0.1) is 18.3 Å². The maximum absolute atomic E-state index is 12.7. The first-order valence-corrected chi connectivity index (χ1v) is 11.4. The van der Waals surface area contributed by atoms with Crippen LogP contribution in [0.5, 0.6) is 11.5 Å². The molecular weight excluding hydrogens is 442 g/mol. The van der Waals surface area contributed by atoms with Gasteiger partial charge in [0.2, 0.25) is 0 Å². The highest BCUT2D eigenvalue weighted by Gasteiger charge is 2.16. The monoisotopic (exact) mass is 455 g/mol. The number of benzene rings is 3. The van der Waals surface area contributed by atoms with Crippen LogP contribution < -0.4 is 9.46 Å². The van der Waals surface area contributed by atoms with E-state index in [1.807, 2.05) is 19.1 Å². The second-order valence-electron chi connectivity index (χ2n) is 6.32. The minimum Gasteiger partial charge on any atom is -0.456 e. The summed E-state index contributed by atoms with van der Waals surface area (Å²) in [4.78, 5) is 4.46. The Kier molecular flexibility index (Phi) is 5.35. The van der Waals surface area contributed by atoms with Crippen molar-refractivity contribution in [3.8, 4) is 17.6 Å². The van der Waals surface area contributed by atoms with Crippen molar-refractivity contribution in [2.45, 2.75) is 11.8 Å². The number of rotatable bonds is 5. The summed E-state index contributed by atoms with van der Waals surface area (Å²) >= 11 is 7.55. The number of fused-ring (bicyclic) bond motifs is 1. The number of halogens is 1. The molecule has 1 heterocycles. The number of hydrogen-bond acceptors (Lipinski definition) is 6. The summed E-state index contributed by atoms with van der Waals surface area (Å²) in [6, 6.07) is 18.0. The lowest BCUT2D eigenvalue weighted by Crippen LogP contribution is -2.12. The van der Waals surface area contributed by atoms with Crippen LogP contribution in [-0.4, -0.2) is 13.4 Å². The zero-order chi connectivity index (χ0) is 21.3. The molecule has 0 saturated heterocycles. The Bertz CT molecular complexity index is 1390. The molecule has 0 aliphatic carbocycles. The summed E-state index contributed by atoms with van der Waals surface area (Å²) in [6.45, 7) is 1.90. The molecule has 0 unspecified atom stereocenters. The number of thiazole rings is 1. The Morgan fingerprint density at radius 3 is 2.63 bits per heavy atom. The van der Waals surface area contributed by atoms with Crippen molar-refractivity contribution in [3.63, 3.8) is 0 Å². The lowest BCUT2D eigenvalue weighted by molar-refractivity contribution is 0.480. The van der Waals surface area contributed by atoms with Gasteiger partial charge in [0.25, 0.3) is 10.0 Å². The molecule has 1 aromatic heterocycles. The average molecular weight is 456 g/mol. The number of anilines is 1. The third-order valence-electron chi connectivity index (χ3n) is 4.20. The molecule has 1 N–H and O–H groups in total. The van der Waals surface area contributed by atoms with Gasteiger partial charge in [-0.15, -0.1) is 11.3 Å². The van der Waals surface area contributed by atoms with E-state index >= 15 is 0 Å². The first-order valence-electron chi connectivity index (χ1n) is 8.72. The highest BCUT2D eigenvalue weighted by atomic mass is 35.5. The fourth-order valence-electron chi connectivity index (χ4n) is 2.83. The normalized spacial score (nSPS) is 11.2. The standard InChI is InChI=1S/C21H14ClN3O3S2/c1-13-24-19-11-14(5-10-21(19)29-13)25-30(26,27)16-8-6-15(7-9-16)28-20-4-2-3-18(22)17(20)12-23/h2-11,25H,1H3. The van der Waals surface area contributed by atoms with Crippen LogP contribution in [0.3, 0.4) is 0 Å². The van der Waals surface area contributed by atoms with Gasteiger partial charge in [-0.2, -0.15) is 5.26 Å². The number of nitrogens with one attached hydrogen (secondary N) is 1. The minimum atomic E-state index is -3.79. The van der Waals surface area contributed by atoms with Gasteiger partial charge >= 0.3 is 0 Å². The summed E-state index contributed by atoms with van der Waals surface area (Å²) in [5, 5.41) is 10.4. The maximum atomic E-state index is 12.7. The molecule has 4 aromatic rings. The third-order valence-corrected chi connectivity index (χ3v) is 6.86. The topological polar surface area (TPSA) is 92.1 Å². The largest absolute Gasteiger partial charge is 0.456 e. The van der Waals surface area contributed by atoms with E-state index in [2.05, 4.69) is 9.71 Å². The number of aryl methyl sites for hydroxylation is 1. The van der Waals surface area contributed by atoms with E-state index in [0.29, 0.717) is 17.2 Å². The molecular formula is C21H14ClN3O3S2. The van der Waals surface area contributed by atoms with Gasteiger partial charge < -0.3 is 4.74 Å². The highest BCUT2D eigenvalue weighted by molar-refractivity contribution is 7.92. The third kappa shape index (κ3) is 4.09. The van der Waals surface area contributed by atoms with E-state index in [4.69, 9.17) is 16.3 Å². The van der Waals surface area contributed by atoms with Gasteiger partial charge in [-0.3, -0.25) is 4.72 Å². The summed E-state index contributed by atoms with van der Waals surface area (Å²) in [6.07, 6.45) is 0. The molecule has 0 bridgehead atoms. The lowest BCUT2D eigenvalue weighted by Gasteiger charge is -2.10. The summed E-state index contributed by atoms with van der Waals surface area (Å²) in [5.74, 6) is 0.678. The molecule has 0 aliphatic heterocycles. The van der Waals surface area contributed by atoms with Gasteiger partial charge in [-0.1, -0.05) is 17.7 Å². The Hall–Kier alpha value is -3.12.